The molecule has 1 aromatic rings. The van der Waals surface area contributed by atoms with Crippen LogP contribution in [0.15, 0.2) is 18.2 Å². The fourth-order valence-corrected chi connectivity index (χ4v) is 4.08. The van der Waals surface area contributed by atoms with Crippen LogP contribution in [0.5, 0.6) is 5.75 Å². The molecule has 1 unspecified atom stereocenters. The number of sulfone groups is 1. The number of hydrogen-bond acceptors (Lipinski definition) is 4. The zero-order valence-electron chi connectivity index (χ0n) is 9.85. The molecule has 1 aliphatic heterocycles. The van der Waals surface area contributed by atoms with Gasteiger partial charge in [-0.2, -0.15) is 0 Å². The summed E-state index contributed by atoms with van der Waals surface area (Å²) in [6, 6.07) is 5.40. The summed E-state index contributed by atoms with van der Waals surface area (Å²) in [5.74, 6) is 1.01. The number of methoxy groups -OCH3 is 1. The second-order valence-corrected chi connectivity index (χ2v) is 6.80. The molecule has 0 spiro atoms. The van der Waals surface area contributed by atoms with Gasteiger partial charge >= 0.3 is 0 Å². The molecule has 17 heavy (non-hydrogen) atoms. The minimum absolute atomic E-state index is 0.266. The van der Waals surface area contributed by atoms with Crippen molar-refractivity contribution in [2.45, 2.75) is 24.5 Å². The van der Waals surface area contributed by atoms with Gasteiger partial charge < -0.3 is 10.5 Å². The average molecular weight is 255 g/mol. The van der Waals surface area contributed by atoms with Crippen molar-refractivity contribution in [3.8, 4) is 5.75 Å². The predicted molar refractivity (Wildman–Crippen MR) is 67.9 cm³/mol. The second-order valence-electron chi connectivity index (χ2n) is 4.40. The summed E-state index contributed by atoms with van der Waals surface area (Å²) in [6.07, 6.45) is 2.02. The van der Waals surface area contributed by atoms with Gasteiger partial charge in [-0.15, -0.1) is 0 Å². The lowest BCUT2D eigenvalue weighted by Gasteiger charge is -2.12. The number of anilines is 1. The molecule has 0 radical (unpaired) electrons. The van der Waals surface area contributed by atoms with Gasteiger partial charge in [0.2, 0.25) is 0 Å². The van der Waals surface area contributed by atoms with E-state index in [1.807, 2.05) is 12.1 Å². The first-order chi connectivity index (χ1) is 8.03. The molecule has 1 aliphatic rings. The third-order valence-electron chi connectivity index (χ3n) is 3.26. The van der Waals surface area contributed by atoms with Crippen LogP contribution >= 0.6 is 0 Å². The summed E-state index contributed by atoms with van der Waals surface area (Å²) in [5.41, 5.74) is 7.38. The van der Waals surface area contributed by atoms with Crippen molar-refractivity contribution in [2.24, 2.45) is 0 Å². The van der Waals surface area contributed by atoms with Crippen LogP contribution in [-0.2, 0) is 16.3 Å². The Balaban J connectivity index is 2.19. The van der Waals surface area contributed by atoms with Crippen molar-refractivity contribution in [2.75, 3.05) is 18.6 Å². The molecule has 4 nitrogen and oxygen atoms in total. The molecule has 1 saturated heterocycles. The van der Waals surface area contributed by atoms with Crippen LogP contribution in [0.25, 0.3) is 0 Å². The van der Waals surface area contributed by atoms with Crippen molar-refractivity contribution in [1.82, 2.24) is 0 Å². The molecule has 0 aliphatic carbocycles. The Bertz CT molecular complexity index is 510. The first-order valence-electron chi connectivity index (χ1n) is 5.67. The van der Waals surface area contributed by atoms with E-state index < -0.39 is 9.84 Å². The molecule has 0 bridgehead atoms. The van der Waals surface area contributed by atoms with Crippen LogP contribution in [0.1, 0.15) is 18.4 Å². The SMILES string of the molecule is COc1ccc(CC2CCCS2(=O)=O)c(N)c1. The van der Waals surface area contributed by atoms with E-state index in [4.69, 9.17) is 10.5 Å². The van der Waals surface area contributed by atoms with Gasteiger partial charge in [-0.25, -0.2) is 8.42 Å². The van der Waals surface area contributed by atoms with Gasteiger partial charge in [0.1, 0.15) is 5.75 Å². The number of ether oxygens (including phenoxy) is 1. The number of nitrogens with two attached hydrogens (primary N) is 1. The van der Waals surface area contributed by atoms with Gasteiger partial charge in [0.25, 0.3) is 0 Å². The van der Waals surface area contributed by atoms with Gasteiger partial charge in [0, 0.05) is 11.8 Å². The summed E-state index contributed by atoms with van der Waals surface area (Å²) in [5, 5.41) is -0.266. The highest BCUT2D eigenvalue weighted by molar-refractivity contribution is 7.92. The lowest BCUT2D eigenvalue weighted by molar-refractivity contribution is 0.415. The Hall–Kier alpha value is -1.23. The summed E-state index contributed by atoms with van der Waals surface area (Å²) in [6.45, 7) is 0. The van der Waals surface area contributed by atoms with Crippen LogP contribution in [0.2, 0.25) is 0 Å². The van der Waals surface area contributed by atoms with Crippen molar-refractivity contribution < 1.29 is 13.2 Å². The minimum Gasteiger partial charge on any atom is -0.497 e. The van der Waals surface area contributed by atoms with Crippen LogP contribution in [0, 0.1) is 0 Å². The van der Waals surface area contributed by atoms with E-state index in [0.717, 1.165) is 18.4 Å². The smallest absolute Gasteiger partial charge is 0.153 e. The molecule has 1 atom stereocenters. The Morgan fingerprint density at radius 3 is 2.76 bits per heavy atom. The van der Waals surface area contributed by atoms with Crippen molar-refractivity contribution >= 4 is 15.5 Å². The molecule has 2 rings (SSSR count). The minimum atomic E-state index is -2.90. The van der Waals surface area contributed by atoms with E-state index in [1.165, 1.54) is 0 Å². The number of nitrogen functional groups attached to an aromatic ring is 1. The summed E-state index contributed by atoms with van der Waals surface area (Å²) in [4.78, 5) is 0. The fourth-order valence-electron chi connectivity index (χ4n) is 2.22. The number of benzene rings is 1. The lowest BCUT2D eigenvalue weighted by Crippen LogP contribution is -2.19. The quantitative estimate of drug-likeness (QED) is 0.829. The van der Waals surface area contributed by atoms with Crippen LogP contribution in [0.3, 0.4) is 0 Å². The van der Waals surface area contributed by atoms with E-state index in [9.17, 15) is 8.42 Å². The third-order valence-corrected chi connectivity index (χ3v) is 5.54. The van der Waals surface area contributed by atoms with Crippen molar-refractivity contribution in [1.29, 1.82) is 0 Å². The standard InChI is InChI=1S/C12H17NO3S/c1-16-10-5-4-9(12(13)8-10)7-11-3-2-6-17(11,14)15/h4-5,8,11H,2-3,6-7,13H2,1H3. The van der Waals surface area contributed by atoms with Crippen LogP contribution in [0.4, 0.5) is 5.69 Å². The fraction of sp³-hybridized carbons (Fsp3) is 0.500. The molecular formula is C12H17NO3S. The first-order valence-corrected chi connectivity index (χ1v) is 7.38. The van der Waals surface area contributed by atoms with Gasteiger partial charge in [0.15, 0.2) is 9.84 Å². The predicted octanol–water partition coefficient (Wildman–Crippen LogP) is 1.40. The first kappa shape index (κ1) is 12.2. The lowest BCUT2D eigenvalue weighted by atomic mass is 10.1. The van der Waals surface area contributed by atoms with Gasteiger partial charge in [0.05, 0.1) is 18.1 Å². The highest BCUT2D eigenvalue weighted by atomic mass is 32.2. The van der Waals surface area contributed by atoms with E-state index >= 15 is 0 Å². The second kappa shape index (κ2) is 4.56. The molecule has 1 heterocycles. The highest BCUT2D eigenvalue weighted by Gasteiger charge is 2.31. The number of hydrogen-bond donors (Lipinski definition) is 1. The molecule has 94 valence electrons. The van der Waals surface area contributed by atoms with Crippen molar-refractivity contribution in [3.05, 3.63) is 23.8 Å². The normalized spacial score (nSPS) is 22.5. The molecular weight excluding hydrogens is 238 g/mol. The molecule has 5 heteroatoms. The van der Waals surface area contributed by atoms with Gasteiger partial charge in [-0.1, -0.05) is 6.07 Å². The topological polar surface area (TPSA) is 69.4 Å². The average Bonchev–Trinajstić information content (AvgIpc) is 2.61. The van der Waals surface area contributed by atoms with Gasteiger partial charge in [-0.3, -0.25) is 0 Å². The molecule has 0 amide bonds. The molecule has 0 saturated carbocycles. The van der Waals surface area contributed by atoms with Crippen molar-refractivity contribution in [3.63, 3.8) is 0 Å². The molecule has 1 aromatic carbocycles. The monoisotopic (exact) mass is 255 g/mol. The zero-order chi connectivity index (χ0) is 12.5. The highest BCUT2D eigenvalue weighted by Crippen LogP contribution is 2.27. The third kappa shape index (κ3) is 2.54. The maximum Gasteiger partial charge on any atom is 0.153 e. The van der Waals surface area contributed by atoms with E-state index in [2.05, 4.69) is 0 Å². The largest absolute Gasteiger partial charge is 0.497 e. The Kier molecular flexibility index (Phi) is 3.28. The van der Waals surface area contributed by atoms with E-state index in [0.29, 0.717) is 23.6 Å². The Morgan fingerprint density at radius 2 is 2.24 bits per heavy atom. The molecule has 0 aromatic heterocycles. The maximum absolute atomic E-state index is 11.7. The van der Waals surface area contributed by atoms with Gasteiger partial charge in [-0.05, 0) is 30.9 Å². The summed E-state index contributed by atoms with van der Waals surface area (Å²) < 4.78 is 28.5. The summed E-state index contributed by atoms with van der Waals surface area (Å²) in [7, 11) is -1.33. The number of rotatable bonds is 3. The molecule has 2 N–H and O–H groups in total. The zero-order valence-corrected chi connectivity index (χ0v) is 10.7. The summed E-state index contributed by atoms with van der Waals surface area (Å²) >= 11 is 0. The Labute approximate surface area is 102 Å². The van der Waals surface area contributed by atoms with E-state index in [1.54, 1.807) is 13.2 Å². The van der Waals surface area contributed by atoms with E-state index in [-0.39, 0.29) is 5.25 Å². The van der Waals surface area contributed by atoms with Crippen LogP contribution < -0.4 is 10.5 Å². The Morgan fingerprint density at radius 1 is 1.47 bits per heavy atom. The van der Waals surface area contributed by atoms with Crippen LogP contribution in [-0.4, -0.2) is 26.5 Å². The maximum atomic E-state index is 11.7. The molecule has 1 fully saturated rings.